The molecule has 3 saturated carbocycles. The number of methoxy groups -OCH3 is 2. The Morgan fingerprint density at radius 3 is 1.49 bits per heavy atom. The number of carbonyl (C=O) groups is 1. The molecule has 9 rings (SSSR count). The number of hydrogen-bond donors (Lipinski definition) is 2. The second-order valence-electron chi connectivity index (χ2n) is 19.9. The molecular weight excluding hydrogens is 885 g/mol. The third-order valence-corrected chi connectivity index (χ3v) is 14.9. The maximum absolute atomic E-state index is 13.7. The number of ether oxygens (including phenoxy) is 6. The summed E-state index contributed by atoms with van der Waals surface area (Å²) in [6, 6.07) is 36.0. The van der Waals surface area contributed by atoms with Crippen LogP contribution in [-0.4, -0.2) is 74.4 Å². The highest BCUT2D eigenvalue weighted by atomic mass is 16.8. The molecule has 0 radical (unpaired) electrons. The van der Waals surface area contributed by atoms with Crippen LogP contribution in [0.1, 0.15) is 120 Å². The van der Waals surface area contributed by atoms with Crippen molar-refractivity contribution < 1.29 is 43.4 Å². The Morgan fingerprint density at radius 1 is 0.629 bits per heavy atom. The summed E-state index contributed by atoms with van der Waals surface area (Å²) in [7, 11) is 3.29. The minimum Gasteiger partial charge on any atom is -0.497 e. The Kier molecular flexibility index (Phi) is 14.5. The SMILES string of the molecule is COc1ccc(-n2nc(C3(O)CCC(OC(C)OC(=O)OC(C)(OC4CCC(O)(c5cc(-c6ccc(C)cc6)n(-c6ccc(OC)cc6)n5)CC4)C4CCCCC4)CC3)cc2-c2ccc(C)cc2)cc1. The van der Waals surface area contributed by atoms with Crippen molar-refractivity contribution >= 4 is 6.16 Å². The zero-order valence-corrected chi connectivity index (χ0v) is 41.4. The summed E-state index contributed by atoms with van der Waals surface area (Å²) in [4.78, 5) is 13.7. The van der Waals surface area contributed by atoms with Crippen LogP contribution in [0.5, 0.6) is 11.5 Å². The summed E-state index contributed by atoms with van der Waals surface area (Å²) in [5.41, 5.74) is 6.65. The zero-order valence-electron chi connectivity index (χ0n) is 41.4. The molecule has 2 unspecified atom stereocenters. The smallest absolute Gasteiger partial charge is 0.497 e. The van der Waals surface area contributed by atoms with Gasteiger partial charge in [0.15, 0.2) is 0 Å². The fourth-order valence-corrected chi connectivity index (χ4v) is 10.6. The minimum absolute atomic E-state index is 0.0150. The number of aliphatic hydroxyl groups is 2. The van der Waals surface area contributed by atoms with Crippen LogP contribution in [-0.2, 0) is 30.1 Å². The molecule has 13 nitrogen and oxygen atoms in total. The van der Waals surface area contributed by atoms with E-state index in [9.17, 15) is 15.0 Å². The molecule has 0 spiro atoms. The van der Waals surface area contributed by atoms with Gasteiger partial charge in [0, 0.05) is 24.0 Å². The number of rotatable bonds is 15. The molecule has 0 aliphatic heterocycles. The predicted octanol–water partition coefficient (Wildman–Crippen LogP) is 11.8. The van der Waals surface area contributed by atoms with Gasteiger partial charge >= 0.3 is 6.16 Å². The van der Waals surface area contributed by atoms with Crippen molar-refractivity contribution in [2.24, 2.45) is 5.92 Å². The summed E-state index contributed by atoms with van der Waals surface area (Å²) in [5, 5.41) is 34.4. The highest BCUT2D eigenvalue weighted by Gasteiger charge is 2.46. The molecule has 2 aromatic heterocycles. The van der Waals surface area contributed by atoms with Gasteiger partial charge in [-0.15, -0.1) is 0 Å². The van der Waals surface area contributed by atoms with Gasteiger partial charge in [-0.25, -0.2) is 14.2 Å². The average molecular weight is 953 g/mol. The first kappa shape index (κ1) is 49.0. The van der Waals surface area contributed by atoms with Crippen molar-refractivity contribution in [3.05, 3.63) is 132 Å². The Bertz CT molecular complexity index is 2670. The molecule has 2 heterocycles. The number of benzene rings is 4. The quantitative estimate of drug-likeness (QED) is 0.0748. The lowest BCUT2D eigenvalue weighted by Crippen LogP contribution is -2.48. The first-order chi connectivity index (χ1) is 33.7. The van der Waals surface area contributed by atoms with Crippen LogP contribution < -0.4 is 9.47 Å². The lowest BCUT2D eigenvalue weighted by Gasteiger charge is -2.43. The van der Waals surface area contributed by atoms with E-state index >= 15 is 0 Å². The second kappa shape index (κ2) is 20.8. The minimum atomic E-state index is -1.24. The summed E-state index contributed by atoms with van der Waals surface area (Å²) >= 11 is 0. The number of hydrogen-bond acceptors (Lipinski definition) is 11. The highest BCUT2D eigenvalue weighted by Crippen LogP contribution is 2.44. The van der Waals surface area contributed by atoms with E-state index < -0.39 is 29.4 Å². The highest BCUT2D eigenvalue weighted by molar-refractivity contribution is 5.65. The molecule has 3 aliphatic carbocycles. The van der Waals surface area contributed by atoms with Gasteiger partial charge in [-0.3, -0.25) is 0 Å². The van der Waals surface area contributed by atoms with Gasteiger partial charge in [0.25, 0.3) is 0 Å². The third-order valence-electron chi connectivity index (χ3n) is 14.9. The summed E-state index contributed by atoms with van der Waals surface area (Å²) in [5.74, 6) is 0.248. The molecule has 6 aromatic rings. The van der Waals surface area contributed by atoms with Crippen LogP contribution >= 0.6 is 0 Å². The van der Waals surface area contributed by atoms with Gasteiger partial charge in [0.1, 0.15) is 22.7 Å². The van der Waals surface area contributed by atoms with Crippen LogP contribution in [0.2, 0.25) is 0 Å². The maximum atomic E-state index is 13.7. The summed E-state index contributed by atoms with van der Waals surface area (Å²) < 4.78 is 39.7. The molecule has 70 heavy (non-hydrogen) atoms. The van der Waals surface area contributed by atoms with Crippen molar-refractivity contribution in [1.29, 1.82) is 0 Å². The molecule has 3 aliphatic rings. The van der Waals surface area contributed by atoms with Gasteiger partial charge < -0.3 is 38.6 Å². The molecule has 2 atom stereocenters. The zero-order chi connectivity index (χ0) is 49.0. The second-order valence-corrected chi connectivity index (χ2v) is 19.9. The number of carbonyl (C=O) groups excluding carboxylic acids is 1. The Balaban J connectivity index is 0.827. The summed E-state index contributed by atoms with van der Waals surface area (Å²) in [6.07, 6.45) is 6.54. The van der Waals surface area contributed by atoms with E-state index in [2.05, 4.69) is 62.4 Å². The fourth-order valence-electron chi connectivity index (χ4n) is 10.6. The first-order valence-corrected chi connectivity index (χ1v) is 25.0. The van der Waals surface area contributed by atoms with E-state index in [1.807, 2.05) is 77.0 Å². The van der Waals surface area contributed by atoms with Gasteiger partial charge in [-0.05, 0) is 146 Å². The molecule has 0 bridgehead atoms. The van der Waals surface area contributed by atoms with E-state index in [0.717, 1.165) is 88.6 Å². The van der Waals surface area contributed by atoms with Gasteiger partial charge in [-0.1, -0.05) is 78.9 Å². The molecule has 0 saturated heterocycles. The standard InChI is InChI=1S/C57H68N4O9/c1-38-12-16-41(17-13-38)50-36-52(58-60(50)44-20-24-46(65-5)25-21-44)56(63)32-28-48(29-33-56)67-40(3)68-54(62)70-55(4,43-10-8-7-9-11-43)69-49-30-34-57(64,35-31-49)53-37-51(42-18-14-39(2)15-19-42)61(59-53)45-22-26-47(66-6)27-23-45/h12-27,36-37,40,43,48-49,63-64H,7-11,28-35H2,1-6H3. The topological polar surface area (TPSA) is 149 Å². The van der Waals surface area contributed by atoms with E-state index in [-0.39, 0.29) is 18.1 Å². The Hall–Kier alpha value is -5.99. The molecular formula is C57H68N4O9. The van der Waals surface area contributed by atoms with Crippen LogP contribution in [0.25, 0.3) is 33.9 Å². The number of aryl methyl sites for hydroxylation is 2. The van der Waals surface area contributed by atoms with Crippen molar-refractivity contribution in [3.63, 3.8) is 0 Å². The lowest BCUT2D eigenvalue weighted by atomic mass is 9.80. The number of nitrogens with zero attached hydrogens (tertiary/aromatic N) is 4. The molecule has 13 heteroatoms. The maximum Gasteiger partial charge on any atom is 0.513 e. The first-order valence-electron chi connectivity index (χ1n) is 25.0. The van der Waals surface area contributed by atoms with Crippen molar-refractivity contribution in [3.8, 4) is 45.4 Å². The van der Waals surface area contributed by atoms with Gasteiger partial charge in [0.2, 0.25) is 12.1 Å². The van der Waals surface area contributed by atoms with Gasteiger partial charge in [0.05, 0.1) is 60.6 Å². The largest absolute Gasteiger partial charge is 0.513 e. The van der Waals surface area contributed by atoms with Crippen molar-refractivity contribution in [2.45, 2.75) is 147 Å². The lowest BCUT2D eigenvalue weighted by molar-refractivity contribution is -0.274. The van der Waals surface area contributed by atoms with E-state index in [0.29, 0.717) is 62.8 Å². The van der Waals surface area contributed by atoms with Crippen LogP contribution in [0, 0.1) is 19.8 Å². The van der Waals surface area contributed by atoms with Crippen LogP contribution in [0.15, 0.2) is 109 Å². The monoisotopic (exact) mass is 952 g/mol. The molecule has 370 valence electrons. The van der Waals surface area contributed by atoms with Crippen molar-refractivity contribution in [1.82, 2.24) is 19.6 Å². The molecule has 4 aromatic carbocycles. The molecule has 2 N–H and O–H groups in total. The van der Waals surface area contributed by atoms with E-state index in [1.165, 1.54) is 0 Å². The summed E-state index contributed by atoms with van der Waals surface area (Å²) in [6.45, 7) is 7.69. The normalized spacial score (nSPS) is 23.3. The Morgan fingerprint density at radius 2 is 1.06 bits per heavy atom. The van der Waals surface area contributed by atoms with E-state index in [4.69, 9.17) is 38.6 Å². The van der Waals surface area contributed by atoms with Crippen LogP contribution in [0.3, 0.4) is 0 Å². The Labute approximate surface area is 411 Å². The molecule has 3 fully saturated rings. The van der Waals surface area contributed by atoms with Crippen LogP contribution in [0.4, 0.5) is 4.79 Å². The fraction of sp³-hybridized carbons (Fsp3) is 0.456. The predicted molar refractivity (Wildman–Crippen MR) is 267 cm³/mol. The molecule has 0 amide bonds. The van der Waals surface area contributed by atoms with Gasteiger partial charge in [-0.2, -0.15) is 10.2 Å². The van der Waals surface area contributed by atoms with Crippen molar-refractivity contribution in [2.75, 3.05) is 14.2 Å². The average Bonchev–Trinajstić information content (AvgIpc) is 4.04. The third kappa shape index (κ3) is 10.8. The number of aromatic nitrogens is 4. The van der Waals surface area contributed by atoms with E-state index in [1.54, 1.807) is 21.1 Å².